The van der Waals surface area contributed by atoms with Crippen LogP contribution >= 0.6 is 0 Å². The number of nitrogens with two attached hydrogens (primary N) is 1. The van der Waals surface area contributed by atoms with Gasteiger partial charge >= 0.3 is 5.97 Å². The zero-order valence-electron chi connectivity index (χ0n) is 47.1. The quantitative estimate of drug-likeness (QED) is 0.0349. The summed E-state index contributed by atoms with van der Waals surface area (Å²) in [5, 5.41) is 31.8. The molecule has 0 fully saturated rings. The molecule has 0 aliphatic carbocycles. The fourth-order valence-electron chi connectivity index (χ4n) is 8.54. The number of aromatic nitrogens is 2. The predicted molar refractivity (Wildman–Crippen MR) is 295 cm³/mol. The van der Waals surface area contributed by atoms with Gasteiger partial charge in [-0.3, -0.25) is 52.9 Å². The second-order valence-electron chi connectivity index (χ2n) is 20.0. The normalized spacial score (nSPS) is 12.8. The Hall–Kier alpha value is -8.41. The number of aliphatic hydroxyl groups excluding tert-OH is 1. The van der Waals surface area contributed by atoms with Gasteiger partial charge in [-0.25, -0.2) is 8.78 Å². The van der Waals surface area contributed by atoms with Crippen molar-refractivity contribution >= 4 is 59.0 Å². The van der Waals surface area contributed by atoms with Crippen LogP contribution in [-0.4, -0.2) is 146 Å². The molecule has 81 heavy (non-hydrogen) atoms. The van der Waals surface area contributed by atoms with Crippen molar-refractivity contribution in [3.05, 3.63) is 114 Å². The van der Waals surface area contributed by atoms with E-state index in [4.69, 9.17) is 10.8 Å². The Morgan fingerprint density at radius 3 is 2.05 bits per heavy atom. The summed E-state index contributed by atoms with van der Waals surface area (Å²) in [7, 11) is 1.29. The molecule has 2 heterocycles. The fourth-order valence-corrected chi connectivity index (χ4v) is 8.54. The second kappa shape index (κ2) is 32.6. The molecular formula is C57H76F2N10O12. The molecule has 5 atom stereocenters. The average molecular weight is 1130 g/mol. The molecule has 0 radical (unpaired) electrons. The van der Waals surface area contributed by atoms with E-state index in [0.29, 0.717) is 11.3 Å². The number of aliphatic hydroxyl groups is 1. The highest BCUT2D eigenvalue weighted by Gasteiger charge is 2.39. The number of carbonyl (C=O) groups excluding carboxylic acids is 9. The first-order valence-corrected chi connectivity index (χ1v) is 26.5. The van der Waals surface area contributed by atoms with Crippen molar-refractivity contribution < 1.29 is 66.9 Å². The van der Waals surface area contributed by atoms with Crippen molar-refractivity contribution in [2.75, 3.05) is 33.3 Å². The highest BCUT2D eigenvalue weighted by molar-refractivity contribution is 5.97. The molecule has 0 saturated heterocycles. The molecule has 22 nitrogen and oxygen atoms in total. The maximum absolute atomic E-state index is 15.4. The lowest BCUT2D eigenvalue weighted by Crippen LogP contribution is -2.58. The number of hydrogen-bond acceptors (Lipinski definition) is 12. The van der Waals surface area contributed by atoms with Crippen LogP contribution in [0.3, 0.4) is 0 Å². The van der Waals surface area contributed by atoms with E-state index in [-0.39, 0.29) is 56.4 Å². The van der Waals surface area contributed by atoms with E-state index in [0.717, 1.165) is 28.7 Å². The number of amides is 8. The van der Waals surface area contributed by atoms with Crippen LogP contribution in [0.15, 0.2) is 85.3 Å². The number of ketones is 1. The largest absolute Gasteiger partial charge is 0.481 e. The lowest BCUT2D eigenvalue weighted by Gasteiger charge is -2.41. The zero-order chi connectivity index (χ0) is 60.6. The van der Waals surface area contributed by atoms with Gasteiger partial charge in [-0.2, -0.15) is 0 Å². The summed E-state index contributed by atoms with van der Waals surface area (Å²) in [4.78, 5) is 137. The highest BCUT2D eigenvalue weighted by Crippen LogP contribution is 2.41. The van der Waals surface area contributed by atoms with Gasteiger partial charge in [0.1, 0.15) is 42.4 Å². The fraction of sp³-hybridized carbons (Fsp3) is 0.456. The minimum atomic E-state index is -1.74. The number of nitrogens with one attached hydrogen (secondary N) is 5. The number of carboxylic acids is 1. The number of nitrogens with zero attached hydrogens (tertiary/aromatic N) is 4. The van der Waals surface area contributed by atoms with Gasteiger partial charge in [0.2, 0.25) is 47.3 Å². The lowest BCUT2D eigenvalue weighted by atomic mass is 9.82. The maximum Gasteiger partial charge on any atom is 0.303 e. The molecule has 440 valence electrons. The Labute approximate surface area is 470 Å². The third kappa shape index (κ3) is 21.6. The zero-order valence-corrected chi connectivity index (χ0v) is 47.1. The summed E-state index contributed by atoms with van der Waals surface area (Å²) in [5.74, 6) is -9.61. The summed E-state index contributed by atoms with van der Waals surface area (Å²) >= 11 is 0. The van der Waals surface area contributed by atoms with Crippen LogP contribution in [0.2, 0.25) is 0 Å². The first kappa shape index (κ1) is 66.9. The van der Waals surface area contributed by atoms with Crippen LogP contribution in [0.5, 0.6) is 0 Å². The Bertz CT molecular complexity index is 2810. The molecule has 8 amide bonds. The van der Waals surface area contributed by atoms with E-state index in [2.05, 4.69) is 31.6 Å². The van der Waals surface area contributed by atoms with E-state index >= 15 is 4.39 Å². The van der Waals surface area contributed by atoms with Crippen LogP contribution in [0.4, 0.5) is 8.78 Å². The first-order valence-electron chi connectivity index (χ1n) is 26.5. The summed E-state index contributed by atoms with van der Waals surface area (Å²) in [6.07, 6.45) is 2.50. The minimum Gasteiger partial charge on any atom is -0.481 e. The summed E-state index contributed by atoms with van der Waals surface area (Å²) in [6.45, 7) is 10.4. The van der Waals surface area contributed by atoms with Gasteiger partial charge in [-0.15, -0.1) is 0 Å². The van der Waals surface area contributed by atoms with Gasteiger partial charge in [0.05, 0.1) is 31.8 Å². The van der Waals surface area contributed by atoms with E-state index in [1.165, 1.54) is 38.2 Å². The van der Waals surface area contributed by atoms with E-state index < -0.39 is 139 Å². The van der Waals surface area contributed by atoms with Crippen molar-refractivity contribution in [2.24, 2.45) is 11.1 Å². The summed E-state index contributed by atoms with van der Waals surface area (Å²) < 4.78 is 31.8. The Kier molecular flexibility index (Phi) is 26.9. The van der Waals surface area contributed by atoms with Crippen LogP contribution in [0.1, 0.15) is 110 Å². The topological polar surface area (TPSA) is 322 Å². The number of benzene rings is 2. The van der Waals surface area contributed by atoms with Crippen LogP contribution in [0.25, 0.3) is 11.1 Å². The van der Waals surface area contributed by atoms with Crippen LogP contribution in [-0.2, 0) is 60.9 Å². The third-order valence-corrected chi connectivity index (χ3v) is 12.7. The SMILES string of the molecule is CC.C[C@H](NC(=O)Cc1ccncc1)C(=O)N(C)[C@@H](C)C(=O)N[C@@H](CC(N)=O)C(=O)N[C@@H](CCN(C(=O)CO)[C@@H](c1cc(-c2cc(F)ccc2F)cn1Cc1ccccc1)C(C)(C)C)C(=O)NCCCC(=O)CNC(=O)CCC(=O)O. The molecule has 0 saturated carbocycles. The molecule has 9 N–H and O–H groups in total. The van der Waals surface area contributed by atoms with Crippen molar-refractivity contribution in [3.8, 4) is 11.1 Å². The minimum absolute atomic E-state index is 0.0294. The third-order valence-electron chi connectivity index (χ3n) is 12.7. The standard InChI is InChI=1S/C55H70F2N10O12.C2H6/c1-33(62-47(72)25-35-18-22-59-23-19-35)54(79)65(6)34(2)51(76)64-43(28-45(58)70)53(78)63-42(52(77)60-21-10-13-39(69)29-61-46(71)16-17-49(74)75)20-24-67(48(73)32-68)50(55(3,4)5)44-26-37(40-27-38(56)14-15-41(40)57)31-66(44)30-36-11-8-7-9-12-36;1-2/h7-9,11-12,14-15,18-19,22-23,26-27,31,33-34,42-43,50,68H,10,13,16-17,20-21,24-25,28-30,32H2,1-6H3,(H2,58,70)(H,60,77)(H,61,71)(H,62,72)(H,63,78)(H,64,76)(H,74,75);1-2H3/t33-,34-,42-,43-,50-;/m0./s1. The number of carbonyl (C=O) groups is 10. The number of likely N-dealkylation sites (N-methyl/N-ethyl adjacent to an activating group) is 1. The monoisotopic (exact) mass is 1130 g/mol. The lowest BCUT2D eigenvalue weighted by molar-refractivity contribution is -0.142. The van der Waals surface area contributed by atoms with Crippen molar-refractivity contribution in [1.82, 2.24) is 45.9 Å². The van der Waals surface area contributed by atoms with E-state index in [1.807, 2.05) is 44.2 Å². The smallest absolute Gasteiger partial charge is 0.303 e. The van der Waals surface area contributed by atoms with Gasteiger partial charge in [0, 0.05) is 74.9 Å². The molecule has 0 bridgehead atoms. The average Bonchev–Trinajstić information content (AvgIpc) is 4.06. The van der Waals surface area contributed by atoms with Gasteiger partial charge in [-0.05, 0) is 79.6 Å². The van der Waals surface area contributed by atoms with Gasteiger partial charge in [0.25, 0.3) is 0 Å². The number of Topliss-reactive ketones (excluding diaryl/α,β-unsaturated/α-hetero) is 1. The number of halogens is 2. The van der Waals surface area contributed by atoms with E-state index in [9.17, 15) is 57.4 Å². The van der Waals surface area contributed by atoms with Crippen LogP contribution in [0, 0.1) is 17.0 Å². The first-order chi connectivity index (χ1) is 38.3. The second-order valence-corrected chi connectivity index (χ2v) is 20.0. The molecule has 2 aromatic heterocycles. The molecular weight excluding hydrogens is 1050 g/mol. The highest BCUT2D eigenvalue weighted by atomic mass is 19.1. The van der Waals surface area contributed by atoms with Crippen molar-refractivity contribution in [3.63, 3.8) is 0 Å². The van der Waals surface area contributed by atoms with Gasteiger partial charge in [-0.1, -0.05) is 65.0 Å². The molecule has 4 rings (SSSR count). The summed E-state index contributed by atoms with van der Waals surface area (Å²) in [6, 6.07) is 10.3. The Balaban J connectivity index is 0.00000851. The maximum atomic E-state index is 15.4. The predicted octanol–water partition coefficient (Wildman–Crippen LogP) is 3.09. The molecule has 0 aliphatic heterocycles. The van der Waals surface area contributed by atoms with Gasteiger partial charge < -0.3 is 56.9 Å². The van der Waals surface area contributed by atoms with Gasteiger partial charge in [0.15, 0.2) is 5.78 Å². The molecule has 0 aliphatic rings. The molecule has 24 heteroatoms. The molecule has 2 aromatic carbocycles. The number of rotatable bonds is 30. The number of hydrogen-bond donors (Lipinski definition) is 8. The molecule has 0 unspecified atom stereocenters. The number of aliphatic carboxylic acids is 1. The Morgan fingerprint density at radius 1 is 0.778 bits per heavy atom. The number of pyridine rings is 1. The van der Waals surface area contributed by atoms with Crippen molar-refractivity contribution in [1.29, 1.82) is 0 Å². The number of primary amides is 1. The molecule has 4 aromatic rings. The molecule has 0 spiro atoms. The van der Waals surface area contributed by atoms with Crippen LogP contribution < -0.4 is 32.3 Å². The number of carboxylic acid groups (broad SMARTS) is 1. The van der Waals surface area contributed by atoms with E-state index in [1.54, 1.807) is 49.7 Å². The summed E-state index contributed by atoms with van der Waals surface area (Å²) in [5.41, 5.74) is 6.72. The van der Waals surface area contributed by atoms with Crippen molar-refractivity contribution in [2.45, 2.75) is 130 Å². The Morgan fingerprint density at radius 2 is 1.43 bits per heavy atom.